The Morgan fingerprint density at radius 3 is 2.29 bits per heavy atom. The summed E-state index contributed by atoms with van der Waals surface area (Å²) >= 11 is 0. The van der Waals surface area contributed by atoms with Crippen LogP contribution in [0, 0.1) is 0 Å². The Morgan fingerprint density at radius 2 is 1.59 bits per heavy atom. The van der Waals surface area contributed by atoms with Gasteiger partial charge in [-0.3, -0.25) is 14.4 Å². The summed E-state index contributed by atoms with van der Waals surface area (Å²) in [5, 5.41) is 9.13. The van der Waals surface area contributed by atoms with Gasteiger partial charge in [-0.15, -0.1) is 0 Å². The highest BCUT2D eigenvalue weighted by molar-refractivity contribution is 6.04. The van der Waals surface area contributed by atoms with Crippen molar-refractivity contribution in [3.8, 4) is 5.75 Å². The third-order valence-corrected chi connectivity index (χ3v) is 5.02. The molecule has 3 aromatic carbocycles. The molecule has 3 N–H and O–H groups in total. The maximum absolute atomic E-state index is 12.6. The number of hydrogen-bond donors (Lipinski definition) is 3. The van der Waals surface area contributed by atoms with E-state index in [1.54, 1.807) is 54.6 Å². The predicted octanol–water partition coefficient (Wildman–Crippen LogP) is 4.83. The average molecular weight is 457 g/mol. The van der Waals surface area contributed by atoms with E-state index in [9.17, 15) is 14.4 Å². The number of amides is 3. The molecule has 4 aromatic rings. The van der Waals surface area contributed by atoms with E-state index in [-0.39, 0.29) is 29.9 Å². The molecule has 8 nitrogen and oxygen atoms in total. The van der Waals surface area contributed by atoms with Crippen molar-refractivity contribution >= 4 is 45.8 Å². The molecule has 172 valence electrons. The first-order valence-corrected chi connectivity index (χ1v) is 10.6. The molecule has 1 aromatic heterocycles. The van der Waals surface area contributed by atoms with E-state index in [4.69, 9.17) is 9.15 Å². The fraction of sp³-hybridized carbons (Fsp3) is 0.115. The van der Waals surface area contributed by atoms with Crippen LogP contribution in [-0.4, -0.2) is 24.8 Å². The third-order valence-electron chi connectivity index (χ3n) is 5.02. The molecule has 3 amide bonds. The Hall–Kier alpha value is -4.59. The summed E-state index contributed by atoms with van der Waals surface area (Å²) in [5.74, 6) is -0.119. The lowest BCUT2D eigenvalue weighted by Gasteiger charge is -2.12. The van der Waals surface area contributed by atoms with Gasteiger partial charge in [0.05, 0.1) is 19.2 Å². The first-order valence-electron chi connectivity index (χ1n) is 10.6. The predicted molar refractivity (Wildman–Crippen MR) is 130 cm³/mol. The molecule has 0 fully saturated rings. The first kappa shape index (κ1) is 22.6. The SMILES string of the molecule is COc1ccc(NC(C)=O)cc1NC(=O)Cc1ccc(NC(=O)c2cc3ccccc3o2)cc1. The van der Waals surface area contributed by atoms with Gasteiger partial charge >= 0.3 is 0 Å². The number of rotatable bonds is 7. The van der Waals surface area contributed by atoms with Crippen molar-refractivity contribution in [2.75, 3.05) is 23.1 Å². The Bertz CT molecular complexity index is 1330. The van der Waals surface area contributed by atoms with Crippen molar-refractivity contribution in [2.24, 2.45) is 0 Å². The van der Waals surface area contributed by atoms with E-state index in [1.807, 2.05) is 18.2 Å². The van der Waals surface area contributed by atoms with Gasteiger partial charge in [0, 0.05) is 23.7 Å². The smallest absolute Gasteiger partial charge is 0.291 e. The van der Waals surface area contributed by atoms with Gasteiger partial charge in [-0.05, 0) is 48.0 Å². The van der Waals surface area contributed by atoms with Crippen molar-refractivity contribution in [2.45, 2.75) is 13.3 Å². The van der Waals surface area contributed by atoms with Gasteiger partial charge in [0.15, 0.2) is 5.76 Å². The fourth-order valence-electron chi connectivity index (χ4n) is 3.46. The van der Waals surface area contributed by atoms with Crippen LogP contribution < -0.4 is 20.7 Å². The zero-order valence-corrected chi connectivity index (χ0v) is 18.7. The average Bonchev–Trinajstić information content (AvgIpc) is 3.25. The Labute approximate surface area is 195 Å². The van der Waals surface area contributed by atoms with Crippen LogP contribution in [0.3, 0.4) is 0 Å². The van der Waals surface area contributed by atoms with Crippen LogP contribution >= 0.6 is 0 Å². The van der Waals surface area contributed by atoms with Gasteiger partial charge in [0.2, 0.25) is 11.8 Å². The number of fused-ring (bicyclic) bond motifs is 1. The highest BCUT2D eigenvalue weighted by Gasteiger charge is 2.13. The third kappa shape index (κ3) is 5.42. The molecule has 1 heterocycles. The highest BCUT2D eigenvalue weighted by Crippen LogP contribution is 2.28. The minimum absolute atomic E-state index is 0.116. The summed E-state index contributed by atoms with van der Waals surface area (Å²) < 4.78 is 10.9. The van der Waals surface area contributed by atoms with Gasteiger partial charge in [0.25, 0.3) is 5.91 Å². The van der Waals surface area contributed by atoms with Crippen molar-refractivity contribution in [1.29, 1.82) is 0 Å². The molecule has 0 aliphatic rings. The van der Waals surface area contributed by atoms with Crippen LogP contribution in [-0.2, 0) is 16.0 Å². The summed E-state index contributed by atoms with van der Waals surface area (Å²) in [4.78, 5) is 36.4. The molecule has 0 aliphatic carbocycles. The maximum Gasteiger partial charge on any atom is 0.291 e. The molecule has 34 heavy (non-hydrogen) atoms. The topological polar surface area (TPSA) is 110 Å². The Kier molecular flexibility index (Phi) is 6.59. The van der Waals surface area contributed by atoms with Crippen molar-refractivity contribution < 1.29 is 23.5 Å². The number of hydrogen-bond acceptors (Lipinski definition) is 5. The van der Waals surface area contributed by atoms with E-state index >= 15 is 0 Å². The van der Waals surface area contributed by atoms with Crippen molar-refractivity contribution in [3.63, 3.8) is 0 Å². The van der Waals surface area contributed by atoms with Crippen molar-refractivity contribution in [3.05, 3.63) is 84.1 Å². The van der Waals surface area contributed by atoms with Gasteiger partial charge in [-0.2, -0.15) is 0 Å². The van der Waals surface area contributed by atoms with Crippen LogP contribution in [0.5, 0.6) is 5.75 Å². The molecule has 0 bridgehead atoms. The fourth-order valence-corrected chi connectivity index (χ4v) is 3.46. The number of methoxy groups -OCH3 is 1. The first-order chi connectivity index (χ1) is 16.4. The second kappa shape index (κ2) is 9.91. The van der Waals surface area contributed by atoms with E-state index < -0.39 is 0 Å². The van der Waals surface area contributed by atoms with Crippen LogP contribution in [0.2, 0.25) is 0 Å². The molecule has 0 atom stereocenters. The maximum atomic E-state index is 12.6. The van der Waals surface area contributed by atoms with Gasteiger partial charge in [-0.25, -0.2) is 0 Å². The molecule has 0 radical (unpaired) electrons. The number of furan rings is 1. The lowest BCUT2D eigenvalue weighted by Crippen LogP contribution is -2.16. The lowest BCUT2D eigenvalue weighted by atomic mass is 10.1. The summed E-state index contributed by atoms with van der Waals surface area (Å²) in [7, 11) is 1.50. The minimum Gasteiger partial charge on any atom is -0.495 e. The Morgan fingerprint density at radius 1 is 0.853 bits per heavy atom. The highest BCUT2D eigenvalue weighted by atomic mass is 16.5. The molecule has 0 saturated carbocycles. The van der Waals surface area contributed by atoms with E-state index in [1.165, 1.54) is 14.0 Å². The second-order valence-electron chi connectivity index (χ2n) is 7.62. The van der Waals surface area contributed by atoms with Crippen LogP contribution in [0.4, 0.5) is 17.1 Å². The summed E-state index contributed by atoms with van der Waals surface area (Å²) in [6.45, 7) is 1.41. The molecular formula is C26H23N3O5. The zero-order valence-electron chi connectivity index (χ0n) is 18.7. The molecule has 0 saturated heterocycles. The van der Waals surface area contributed by atoms with Crippen molar-refractivity contribution in [1.82, 2.24) is 0 Å². The summed E-state index contributed by atoms with van der Waals surface area (Å²) in [6.07, 6.45) is 0.116. The number of nitrogens with one attached hydrogen (secondary N) is 3. The molecule has 0 spiro atoms. The van der Waals surface area contributed by atoms with E-state index in [2.05, 4.69) is 16.0 Å². The number of carbonyl (C=O) groups is 3. The molecular weight excluding hydrogens is 434 g/mol. The second-order valence-corrected chi connectivity index (χ2v) is 7.62. The van der Waals surface area contributed by atoms with E-state index in [0.717, 1.165) is 10.9 Å². The number of carbonyl (C=O) groups excluding carboxylic acids is 3. The lowest BCUT2D eigenvalue weighted by molar-refractivity contribution is -0.116. The molecule has 0 unspecified atom stereocenters. The number of anilines is 3. The number of benzene rings is 3. The monoisotopic (exact) mass is 457 g/mol. The largest absolute Gasteiger partial charge is 0.495 e. The zero-order chi connectivity index (χ0) is 24.1. The normalized spacial score (nSPS) is 10.5. The summed E-state index contributed by atoms with van der Waals surface area (Å²) in [5.41, 5.74) is 2.99. The Balaban J connectivity index is 1.38. The number of para-hydroxylation sites is 1. The van der Waals surface area contributed by atoms with Crippen LogP contribution in [0.25, 0.3) is 11.0 Å². The van der Waals surface area contributed by atoms with Crippen LogP contribution in [0.1, 0.15) is 23.0 Å². The molecule has 4 rings (SSSR count). The van der Waals surface area contributed by atoms with Crippen LogP contribution in [0.15, 0.2) is 77.2 Å². The number of ether oxygens (including phenoxy) is 1. The standard InChI is InChI=1S/C26H23N3O5/c1-16(30)27-20-11-12-23(33-2)21(15-20)29-25(31)13-17-7-9-19(10-8-17)28-26(32)24-14-18-5-3-4-6-22(18)34-24/h3-12,14-15H,13H2,1-2H3,(H,27,30)(H,28,32)(H,29,31). The summed E-state index contributed by atoms with van der Waals surface area (Å²) in [6, 6.07) is 21.1. The van der Waals surface area contributed by atoms with E-state index in [0.29, 0.717) is 28.4 Å². The molecule has 8 heteroatoms. The van der Waals surface area contributed by atoms with Gasteiger partial charge in [-0.1, -0.05) is 30.3 Å². The molecule has 0 aliphatic heterocycles. The quantitative estimate of drug-likeness (QED) is 0.368. The minimum atomic E-state index is -0.354. The van der Waals surface area contributed by atoms with Gasteiger partial charge < -0.3 is 25.1 Å². The van der Waals surface area contributed by atoms with Gasteiger partial charge in [0.1, 0.15) is 11.3 Å².